The van der Waals surface area contributed by atoms with Crippen LogP contribution >= 0.6 is 12.2 Å². The van der Waals surface area contributed by atoms with Crippen LogP contribution in [0.1, 0.15) is 0 Å². The van der Waals surface area contributed by atoms with Crippen molar-refractivity contribution in [2.24, 2.45) is 4.99 Å². The highest BCUT2D eigenvalue weighted by atomic mass is 32.1. The highest BCUT2D eigenvalue weighted by Gasteiger charge is 1.92. The van der Waals surface area contributed by atoms with Gasteiger partial charge in [-0.05, 0) is 22.9 Å². The molecule has 0 aliphatic heterocycles. The van der Waals surface area contributed by atoms with Crippen LogP contribution in [0.25, 0.3) is 10.8 Å². The lowest BCUT2D eigenvalue weighted by Crippen LogP contribution is -1.73. The smallest absolute Gasteiger partial charge is 0.0636 e. The van der Waals surface area contributed by atoms with Crippen molar-refractivity contribution in [3.8, 4) is 0 Å². The quantitative estimate of drug-likeness (QED) is 0.532. The molecule has 0 heterocycles. The molecule has 0 N–H and O–H groups in total. The first-order valence-electron chi connectivity index (χ1n) is 4.37. The molecule has 0 saturated heterocycles. The van der Waals surface area contributed by atoms with Crippen molar-refractivity contribution in [2.45, 2.75) is 0 Å². The summed E-state index contributed by atoms with van der Waals surface area (Å²) in [7, 11) is 0. The molecule has 0 aliphatic carbocycles. The molecule has 0 saturated carbocycles. The van der Waals surface area contributed by atoms with Crippen molar-refractivity contribution >= 4 is 40.3 Å². The van der Waals surface area contributed by atoms with Crippen LogP contribution in [0.4, 0.5) is 5.69 Å². The molecule has 2 heteroatoms. The summed E-state index contributed by atoms with van der Waals surface area (Å²) < 4.78 is 0. The summed E-state index contributed by atoms with van der Waals surface area (Å²) in [6.45, 7) is 0. The number of hydrogen-bond donors (Lipinski definition) is 0. The SMILES string of the molecule is S=CC=Nc1ccc2ccccc2c1. The highest BCUT2D eigenvalue weighted by molar-refractivity contribution is 7.80. The molecule has 68 valence electrons. The van der Waals surface area contributed by atoms with E-state index in [0.29, 0.717) is 0 Å². The molecule has 0 aliphatic rings. The van der Waals surface area contributed by atoms with Gasteiger partial charge in [-0.15, -0.1) is 0 Å². The van der Waals surface area contributed by atoms with E-state index in [-0.39, 0.29) is 0 Å². The molecule has 2 aromatic rings. The first-order valence-corrected chi connectivity index (χ1v) is 4.84. The zero-order valence-corrected chi connectivity index (χ0v) is 8.37. The molecule has 14 heavy (non-hydrogen) atoms. The van der Waals surface area contributed by atoms with Crippen LogP contribution < -0.4 is 0 Å². The molecular weight excluding hydrogens is 190 g/mol. The fourth-order valence-corrected chi connectivity index (χ4v) is 1.43. The Morgan fingerprint density at radius 2 is 1.79 bits per heavy atom. The molecule has 0 spiro atoms. The van der Waals surface area contributed by atoms with Gasteiger partial charge >= 0.3 is 0 Å². The molecule has 0 unspecified atom stereocenters. The van der Waals surface area contributed by atoms with Crippen molar-refractivity contribution in [2.75, 3.05) is 0 Å². The number of aliphatic imine (C=N–C) groups is 1. The maximum atomic E-state index is 4.67. The molecule has 0 bridgehead atoms. The van der Waals surface area contributed by atoms with Gasteiger partial charge in [0.15, 0.2) is 0 Å². The van der Waals surface area contributed by atoms with Gasteiger partial charge in [-0.2, -0.15) is 0 Å². The zero-order valence-electron chi connectivity index (χ0n) is 7.55. The van der Waals surface area contributed by atoms with Crippen LogP contribution in [0.2, 0.25) is 0 Å². The summed E-state index contributed by atoms with van der Waals surface area (Å²) in [6, 6.07) is 14.3. The summed E-state index contributed by atoms with van der Waals surface area (Å²) in [5, 5.41) is 3.94. The molecule has 0 atom stereocenters. The average Bonchev–Trinajstić information content (AvgIpc) is 2.26. The molecule has 0 radical (unpaired) electrons. The summed E-state index contributed by atoms with van der Waals surface area (Å²) >= 11 is 4.67. The third-order valence-electron chi connectivity index (χ3n) is 2.02. The first-order chi connectivity index (χ1) is 6.90. The molecule has 1 nitrogen and oxygen atoms in total. The number of hydrogen-bond acceptors (Lipinski definition) is 2. The maximum absolute atomic E-state index is 4.67. The van der Waals surface area contributed by atoms with E-state index in [9.17, 15) is 0 Å². The van der Waals surface area contributed by atoms with E-state index in [1.165, 1.54) is 16.1 Å². The minimum Gasteiger partial charge on any atom is -0.256 e. The standard InChI is InChI=1S/C12H9NS/c14-8-7-13-12-6-5-10-3-1-2-4-11(10)9-12/h1-9H. The second-order valence-electron chi connectivity index (χ2n) is 2.95. The van der Waals surface area contributed by atoms with Crippen LogP contribution in [-0.2, 0) is 0 Å². The van der Waals surface area contributed by atoms with E-state index >= 15 is 0 Å². The number of fused-ring (bicyclic) bond motifs is 1. The number of benzene rings is 2. The minimum absolute atomic E-state index is 0.935. The maximum Gasteiger partial charge on any atom is 0.0636 e. The molecule has 2 rings (SSSR count). The Kier molecular flexibility index (Phi) is 2.65. The van der Waals surface area contributed by atoms with E-state index in [4.69, 9.17) is 0 Å². The predicted molar refractivity (Wildman–Crippen MR) is 65.8 cm³/mol. The van der Waals surface area contributed by atoms with Crippen LogP contribution in [0.5, 0.6) is 0 Å². The summed E-state index contributed by atoms with van der Waals surface area (Å²) in [4.78, 5) is 4.19. The van der Waals surface area contributed by atoms with Gasteiger partial charge in [0.25, 0.3) is 0 Å². The van der Waals surface area contributed by atoms with E-state index in [1.54, 1.807) is 6.21 Å². The third-order valence-corrected chi connectivity index (χ3v) is 2.14. The van der Waals surface area contributed by atoms with Gasteiger partial charge < -0.3 is 0 Å². The van der Waals surface area contributed by atoms with Gasteiger partial charge in [-0.1, -0.05) is 42.5 Å². The normalized spacial score (nSPS) is 10.9. The fourth-order valence-electron chi connectivity index (χ4n) is 1.37. The lowest BCUT2D eigenvalue weighted by atomic mass is 10.1. The highest BCUT2D eigenvalue weighted by Crippen LogP contribution is 2.20. The monoisotopic (exact) mass is 199 g/mol. The topological polar surface area (TPSA) is 12.4 Å². The molecule has 2 aromatic carbocycles. The minimum atomic E-state index is 0.935. The Labute approximate surface area is 88.1 Å². The van der Waals surface area contributed by atoms with E-state index < -0.39 is 0 Å². The Morgan fingerprint density at radius 1 is 1.00 bits per heavy atom. The van der Waals surface area contributed by atoms with Gasteiger partial charge in [0, 0.05) is 11.6 Å². The third kappa shape index (κ3) is 1.86. The number of rotatable bonds is 2. The Hall–Kier alpha value is -1.54. The molecular formula is C12H9NS. The zero-order chi connectivity index (χ0) is 9.80. The van der Waals surface area contributed by atoms with Crippen molar-refractivity contribution < 1.29 is 0 Å². The van der Waals surface area contributed by atoms with Crippen LogP contribution in [0.15, 0.2) is 47.5 Å². The first kappa shape index (κ1) is 9.03. The van der Waals surface area contributed by atoms with E-state index in [0.717, 1.165) is 5.69 Å². The van der Waals surface area contributed by atoms with Gasteiger partial charge in [-0.3, -0.25) is 4.99 Å². The van der Waals surface area contributed by atoms with E-state index in [1.807, 2.05) is 24.3 Å². The summed E-state index contributed by atoms with van der Waals surface area (Å²) in [6.07, 6.45) is 1.62. The molecule has 0 fully saturated rings. The Balaban J connectivity index is 2.51. The van der Waals surface area contributed by atoms with E-state index in [2.05, 4.69) is 35.4 Å². The van der Waals surface area contributed by atoms with Crippen molar-refractivity contribution in [3.63, 3.8) is 0 Å². The second kappa shape index (κ2) is 4.11. The van der Waals surface area contributed by atoms with Crippen molar-refractivity contribution in [1.82, 2.24) is 0 Å². The van der Waals surface area contributed by atoms with Gasteiger partial charge in [0.2, 0.25) is 0 Å². The summed E-state index contributed by atoms with van der Waals surface area (Å²) in [5.41, 5.74) is 0.935. The largest absolute Gasteiger partial charge is 0.256 e. The molecule has 0 aromatic heterocycles. The van der Waals surface area contributed by atoms with Gasteiger partial charge in [0.1, 0.15) is 0 Å². The fraction of sp³-hybridized carbons (Fsp3) is 0. The lowest BCUT2D eigenvalue weighted by Gasteiger charge is -1.97. The lowest BCUT2D eigenvalue weighted by molar-refractivity contribution is 1.58. The van der Waals surface area contributed by atoms with Crippen LogP contribution in [0, 0.1) is 0 Å². The van der Waals surface area contributed by atoms with Gasteiger partial charge in [-0.25, -0.2) is 0 Å². The second-order valence-corrected chi connectivity index (χ2v) is 3.22. The van der Waals surface area contributed by atoms with Gasteiger partial charge in [0.05, 0.1) is 5.69 Å². The summed E-state index contributed by atoms with van der Waals surface area (Å²) in [5.74, 6) is 0. The van der Waals surface area contributed by atoms with Crippen LogP contribution in [-0.4, -0.2) is 11.6 Å². The Bertz CT molecular complexity index is 488. The number of nitrogens with zero attached hydrogens (tertiary/aromatic N) is 1. The Morgan fingerprint density at radius 3 is 2.57 bits per heavy atom. The van der Waals surface area contributed by atoms with Crippen molar-refractivity contribution in [3.05, 3.63) is 42.5 Å². The number of thiocarbonyl (C=S) groups is 1. The predicted octanol–water partition coefficient (Wildman–Crippen LogP) is 3.54. The van der Waals surface area contributed by atoms with Crippen LogP contribution in [0.3, 0.4) is 0 Å². The molecule has 0 amide bonds. The van der Waals surface area contributed by atoms with Crippen molar-refractivity contribution in [1.29, 1.82) is 0 Å². The average molecular weight is 199 g/mol.